The van der Waals surface area contributed by atoms with E-state index in [0.29, 0.717) is 30.2 Å². The van der Waals surface area contributed by atoms with Gasteiger partial charge in [-0.15, -0.1) is 0 Å². The van der Waals surface area contributed by atoms with Crippen LogP contribution in [0.25, 0.3) is 11.3 Å². The van der Waals surface area contributed by atoms with Gasteiger partial charge in [0.2, 0.25) is 5.91 Å². The van der Waals surface area contributed by atoms with Gasteiger partial charge in [-0.25, -0.2) is 0 Å². The Morgan fingerprint density at radius 3 is 2.75 bits per heavy atom. The molecular weight excluding hydrogens is 422 g/mol. The van der Waals surface area contributed by atoms with Gasteiger partial charge in [0.15, 0.2) is 0 Å². The van der Waals surface area contributed by atoms with E-state index in [1.165, 1.54) is 0 Å². The Hall–Kier alpha value is -3.53. The molecule has 6 nitrogen and oxygen atoms in total. The minimum Gasteiger partial charge on any atom is -0.360 e. The lowest BCUT2D eigenvalue weighted by molar-refractivity contribution is -0.123. The highest BCUT2D eigenvalue weighted by molar-refractivity contribution is 6.30. The van der Waals surface area contributed by atoms with Crippen molar-refractivity contribution in [3.8, 4) is 6.07 Å². The number of nitriles is 1. The third kappa shape index (κ3) is 3.89. The first-order valence-electron chi connectivity index (χ1n) is 10.5. The summed E-state index contributed by atoms with van der Waals surface area (Å²) in [6.45, 7) is 2.45. The lowest BCUT2D eigenvalue weighted by Gasteiger charge is -2.32. The van der Waals surface area contributed by atoms with E-state index in [4.69, 9.17) is 11.6 Å². The number of piperazine rings is 1. The van der Waals surface area contributed by atoms with Crippen molar-refractivity contribution in [1.82, 2.24) is 20.4 Å². The number of halogens is 1. The zero-order chi connectivity index (χ0) is 22.1. The van der Waals surface area contributed by atoms with Crippen LogP contribution < -0.4 is 10.6 Å². The Kier molecular flexibility index (Phi) is 5.44. The van der Waals surface area contributed by atoms with Crippen molar-refractivity contribution >= 4 is 28.8 Å². The SMILES string of the molecule is N#Cc1ccccc1C1=CN2C(CN3CCNC(=O)C3)=C(c3ccc(Cl)cc3)NC2C=C1. The van der Waals surface area contributed by atoms with Gasteiger partial charge in [-0.05, 0) is 35.4 Å². The summed E-state index contributed by atoms with van der Waals surface area (Å²) < 4.78 is 0. The number of hydrogen-bond donors (Lipinski definition) is 2. The average molecular weight is 444 g/mol. The molecule has 2 aromatic carbocycles. The lowest BCUT2D eigenvalue weighted by atomic mass is 9.99. The van der Waals surface area contributed by atoms with Crippen LogP contribution >= 0.6 is 11.6 Å². The fourth-order valence-electron chi connectivity index (χ4n) is 4.34. The van der Waals surface area contributed by atoms with Crippen molar-refractivity contribution in [2.75, 3.05) is 26.2 Å². The smallest absolute Gasteiger partial charge is 0.234 e. The summed E-state index contributed by atoms with van der Waals surface area (Å²) >= 11 is 6.12. The van der Waals surface area contributed by atoms with E-state index in [1.807, 2.05) is 48.5 Å². The van der Waals surface area contributed by atoms with Crippen molar-refractivity contribution in [2.24, 2.45) is 0 Å². The molecule has 0 spiro atoms. The highest BCUT2D eigenvalue weighted by atomic mass is 35.5. The molecule has 3 aliphatic heterocycles. The number of benzene rings is 2. The molecule has 0 saturated carbocycles. The molecule has 1 unspecified atom stereocenters. The molecule has 3 aliphatic rings. The van der Waals surface area contributed by atoms with Crippen LogP contribution in [0.5, 0.6) is 0 Å². The molecule has 32 heavy (non-hydrogen) atoms. The molecular formula is C25H22ClN5O. The Morgan fingerprint density at radius 1 is 1.16 bits per heavy atom. The standard InChI is InChI=1S/C25H22ClN5O/c26-20-8-5-17(6-9-20)25-22(15-30-12-11-28-24(32)16-30)31-14-19(7-10-23(31)29-25)21-4-2-1-3-18(21)13-27/h1-10,14,23,29H,11-12,15-16H2,(H,28,32). The van der Waals surface area contributed by atoms with Crippen LogP contribution in [0.15, 0.2) is 72.6 Å². The molecule has 5 rings (SSSR count). The third-order valence-electron chi connectivity index (χ3n) is 5.91. The van der Waals surface area contributed by atoms with Gasteiger partial charge in [0.25, 0.3) is 0 Å². The van der Waals surface area contributed by atoms with Gasteiger partial charge in [0.1, 0.15) is 6.17 Å². The fraction of sp³-hybridized carbons (Fsp3) is 0.200. The number of nitrogens with zero attached hydrogens (tertiary/aromatic N) is 3. The van der Waals surface area contributed by atoms with Crippen LogP contribution in [-0.2, 0) is 4.79 Å². The molecule has 2 aromatic rings. The van der Waals surface area contributed by atoms with Gasteiger partial charge in [0.05, 0.1) is 29.6 Å². The van der Waals surface area contributed by atoms with E-state index >= 15 is 0 Å². The number of carbonyl (C=O) groups is 1. The molecule has 1 amide bonds. The van der Waals surface area contributed by atoms with Gasteiger partial charge < -0.3 is 15.5 Å². The maximum Gasteiger partial charge on any atom is 0.234 e. The number of fused-ring (bicyclic) bond motifs is 1. The van der Waals surface area contributed by atoms with Crippen LogP contribution in [0, 0.1) is 11.3 Å². The molecule has 2 N–H and O–H groups in total. The Labute approximate surface area is 192 Å². The van der Waals surface area contributed by atoms with E-state index in [-0.39, 0.29) is 12.1 Å². The van der Waals surface area contributed by atoms with Crippen LogP contribution in [0.1, 0.15) is 16.7 Å². The molecule has 3 heterocycles. The summed E-state index contributed by atoms with van der Waals surface area (Å²) in [5.41, 5.74) is 5.68. The monoisotopic (exact) mass is 443 g/mol. The summed E-state index contributed by atoms with van der Waals surface area (Å²) in [5.74, 6) is 0.0464. The second kappa shape index (κ2) is 8.54. The number of nitrogens with one attached hydrogen (secondary N) is 2. The minimum absolute atomic E-state index is 0.0349. The van der Waals surface area contributed by atoms with Crippen LogP contribution in [0.2, 0.25) is 5.02 Å². The number of carbonyl (C=O) groups excluding carboxylic acids is 1. The number of rotatable bonds is 4. The van der Waals surface area contributed by atoms with Gasteiger partial charge in [-0.2, -0.15) is 5.26 Å². The first kappa shape index (κ1) is 20.4. The van der Waals surface area contributed by atoms with E-state index < -0.39 is 0 Å². The van der Waals surface area contributed by atoms with Crippen molar-refractivity contribution in [1.29, 1.82) is 5.26 Å². The molecule has 1 atom stereocenters. The van der Waals surface area contributed by atoms with E-state index in [2.05, 4.69) is 44.9 Å². The second-order valence-electron chi connectivity index (χ2n) is 7.99. The number of allylic oxidation sites excluding steroid dienone is 2. The first-order valence-corrected chi connectivity index (χ1v) is 10.9. The molecule has 0 bridgehead atoms. The molecule has 0 aromatic heterocycles. The average Bonchev–Trinajstić information content (AvgIpc) is 3.17. The molecule has 1 saturated heterocycles. The summed E-state index contributed by atoms with van der Waals surface area (Å²) in [6.07, 6.45) is 6.22. The number of hydrogen-bond acceptors (Lipinski definition) is 5. The van der Waals surface area contributed by atoms with Crippen molar-refractivity contribution in [3.05, 3.63) is 94.3 Å². The quantitative estimate of drug-likeness (QED) is 0.759. The van der Waals surface area contributed by atoms with Crippen LogP contribution in [0.4, 0.5) is 0 Å². The predicted octanol–water partition coefficient (Wildman–Crippen LogP) is 3.15. The summed E-state index contributed by atoms with van der Waals surface area (Å²) in [5, 5.41) is 16.7. The Morgan fingerprint density at radius 2 is 1.97 bits per heavy atom. The van der Waals surface area contributed by atoms with Gasteiger partial charge >= 0.3 is 0 Å². The molecule has 160 valence electrons. The zero-order valence-corrected chi connectivity index (χ0v) is 18.1. The van der Waals surface area contributed by atoms with E-state index in [9.17, 15) is 10.1 Å². The summed E-state index contributed by atoms with van der Waals surface area (Å²) in [7, 11) is 0. The van der Waals surface area contributed by atoms with Gasteiger partial charge in [0, 0.05) is 36.4 Å². The maximum atomic E-state index is 12.0. The topological polar surface area (TPSA) is 71.4 Å². The third-order valence-corrected chi connectivity index (χ3v) is 6.16. The largest absolute Gasteiger partial charge is 0.360 e. The molecule has 7 heteroatoms. The highest BCUT2D eigenvalue weighted by Crippen LogP contribution is 2.35. The normalized spacial score (nSPS) is 20.4. The Bertz CT molecular complexity index is 1190. The van der Waals surface area contributed by atoms with Crippen LogP contribution in [-0.4, -0.2) is 48.1 Å². The Balaban J connectivity index is 1.55. The van der Waals surface area contributed by atoms with Crippen LogP contribution in [0.3, 0.4) is 0 Å². The van der Waals surface area contributed by atoms with Crippen molar-refractivity contribution < 1.29 is 4.79 Å². The summed E-state index contributed by atoms with van der Waals surface area (Å²) in [6, 6.07) is 17.7. The summed E-state index contributed by atoms with van der Waals surface area (Å²) in [4.78, 5) is 16.3. The van der Waals surface area contributed by atoms with Gasteiger partial charge in [-0.3, -0.25) is 9.69 Å². The van der Waals surface area contributed by atoms with Crippen molar-refractivity contribution in [2.45, 2.75) is 6.17 Å². The first-order chi connectivity index (χ1) is 15.6. The minimum atomic E-state index is -0.0349. The van der Waals surface area contributed by atoms with E-state index in [1.54, 1.807) is 0 Å². The zero-order valence-electron chi connectivity index (χ0n) is 17.4. The van der Waals surface area contributed by atoms with Crippen molar-refractivity contribution in [3.63, 3.8) is 0 Å². The lowest BCUT2D eigenvalue weighted by Crippen LogP contribution is -2.49. The molecule has 1 fully saturated rings. The van der Waals surface area contributed by atoms with E-state index in [0.717, 1.165) is 34.6 Å². The maximum absolute atomic E-state index is 12.0. The molecule has 0 aliphatic carbocycles. The predicted molar refractivity (Wildman–Crippen MR) is 125 cm³/mol. The highest BCUT2D eigenvalue weighted by Gasteiger charge is 2.33. The van der Waals surface area contributed by atoms with Gasteiger partial charge in [-0.1, -0.05) is 48.0 Å². The number of amides is 1. The molecule has 0 radical (unpaired) electrons. The second-order valence-corrected chi connectivity index (χ2v) is 8.42. The fourth-order valence-corrected chi connectivity index (χ4v) is 4.47.